The van der Waals surface area contributed by atoms with Crippen LogP contribution >= 0.6 is 15.9 Å². The van der Waals surface area contributed by atoms with Crippen LogP contribution in [0.25, 0.3) is 0 Å². The maximum atomic E-state index is 12.9. The molecule has 6 heteroatoms. The van der Waals surface area contributed by atoms with Crippen LogP contribution in [-0.4, -0.2) is 25.7 Å². The van der Waals surface area contributed by atoms with Gasteiger partial charge in [0.1, 0.15) is 0 Å². The number of anilines is 1. The van der Waals surface area contributed by atoms with Gasteiger partial charge < -0.3 is 10.2 Å². The summed E-state index contributed by atoms with van der Waals surface area (Å²) in [6, 6.07) is 4.81. The summed E-state index contributed by atoms with van der Waals surface area (Å²) in [7, 11) is 0. The fraction of sp³-hybridized carbons (Fsp3) is 0.571. The van der Waals surface area contributed by atoms with Crippen LogP contribution in [0.1, 0.15) is 25.3 Å². The first-order chi connectivity index (χ1) is 9.41. The largest absolute Gasteiger partial charge is 0.417 e. The fourth-order valence-corrected chi connectivity index (χ4v) is 3.07. The summed E-state index contributed by atoms with van der Waals surface area (Å²) in [5.41, 5.74) is 0.0312. The highest BCUT2D eigenvalue weighted by atomic mass is 79.9. The maximum Gasteiger partial charge on any atom is 0.417 e. The highest BCUT2D eigenvalue weighted by molar-refractivity contribution is 9.10. The molecule has 0 bridgehead atoms. The molecular weight excluding hydrogens is 333 g/mol. The summed E-state index contributed by atoms with van der Waals surface area (Å²) in [5.74, 6) is 0. The molecule has 1 aromatic carbocycles. The van der Waals surface area contributed by atoms with Gasteiger partial charge in [0, 0.05) is 29.3 Å². The minimum absolute atomic E-state index is 0.0917. The number of rotatable bonds is 3. The van der Waals surface area contributed by atoms with Gasteiger partial charge in [-0.1, -0.05) is 22.9 Å². The lowest BCUT2D eigenvalue weighted by Gasteiger charge is -2.35. The van der Waals surface area contributed by atoms with Crippen LogP contribution in [0.4, 0.5) is 18.9 Å². The van der Waals surface area contributed by atoms with Crippen molar-refractivity contribution >= 4 is 21.6 Å². The van der Waals surface area contributed by atoms with Crippen LogP contribution < -0.4 is 10.2 Å². The monoisotopic (exact) mass is 350 g/mol. The van der Waals surface area contributed by atoms with Gasteiger partial charge in [0.05, 0.1) is 5.56 Å². The highest BCUT2D eigenvalue weighted by Crippen LogP contribution is 2.37. The maximum absolute atomic E-state index is 12.9. The summed E-state index contributed by atoms with van der Waals surface area (Å²) < 4.78 is 38.9. The SMILES string of the molecule is CCNC1CCCN(c2ccc(Br)c(C(F)(F)F)c2)C1. The second-order valence-corrected chi connectivity index (χ2v) is 5.86. The van der Waals surface area contributed by atoms with Crippen molar-refractivity contribution in [3.63, 3.8) is 0 Å². The van der Waals surface area contributed by atoms with Crippen molar-refractivity contribution in [2.45, 2.75) is 32.0 Å². The molecule has 1 aliphatic heterocycles. The predicted molar refractivity (Wildman–Crippen MR) is 78.1 cm³/mol. The number of piperidine rings is 1. The molecule has 1 aliphatic rings. The molecular formula is C14H18BrF3N2. The van der Waals surface area contributed by atoms with Gasteiger partial charge in [0.15, 0.2) is 0 Å². The molecule has 0 spiro atoms. The Morgan fingerprint density at radius 1 is 1.40 bits per heavy atom. The van der Waals surface area contributed by atoms with E-state index in [0.717, 1.165) is 32.5 Å². The van der Waals surface area contributed by atoms with E-state index < -0.39 is 11.7 Å². The Morgan fingerprint density at radius 3 is 2.80 bits per heavy atom. The Labute approximate surface area is 125 Å². The summed E-state index contributed by atoms with van der Waals surface area (Å²) in [4.78, 5) is 2.03. The number of hydrogen-bond acceptors (Lipinski definition) is 2. The average molecular weight is 351 g/mol. The lowest BCUT2D eigenvalue weighted by atomic mass is 10.0. The van der Waals surface area contributed by atoms with Gasteiger partial charge in [0.25, 0.3) is 0 Å². The van der Waals surface area contributed by atoms with E-state index in [2.05, 4.69) is 21.2 Å². The van der Waals surface area contributed by atoms with E-state index >= 15 is 0 Å². The molecule has 1 N–H and O–H groups in total. The average Bonchev–Trinajstić information content (AvgIpc) is 2.38. The Bertz CT molecular complexity index is 460. The van der Waals surface area contributed by atoms with E-state index in [1.54, 1.807) is 6.07 Å². The molecule has 0 saturated carbocycles. The Morgan fingerprint density at radius 2 is 2.15 bits per heavy atom. The van der Waals surface area contributed by atoms with Crippen LogP contribution in [0.2, 0.25) is 0 Å². The van der Waals surface area contributed by atoms with Crippen molar-refractivity contribution in [3.05, 3.63) is 28.2 Å². The molecule has 2 rings (SSSR count). The molecule has 2 nitrogen and oxygen atoms in total. The number of alkyl halides is 3. The molecule has 1 saturated heterocycles. The van der Waals surface area contributed by atoms with Crippen LogP contribution in [0.5, 0.6) is 0 Å². The van der Waals surface area contributed by atoms with Crippen molar-refractivity contribution in [3.8, 4) is 0 Å². The lowest BCUT2D eigenvalue weighted by molar-refractivity contribution is -0.138. The Balaban J connectivity index is 2.20. The molecule has 0 aromatic heterocycles. The minimum atomic E-state index is -4.33. The lowest BCUT2D eigenvalue weighted by Crippen LogP contribution is -2.45. The highest BCUT2D eigenvalue weighted by Gasteiger charge is 2.33. The third-order valence-electron chi connectivity index (χ3n) is 3.53. The summed E-state index contributed by atoms with van der Waals surface area (Å²) in [6.45, 7) is 4.49. The van der Waals surface area contributed by atoms with Gasteiger partial charge in [-0.2, -0.15) is 13.2 Å². The number of benzene rings is 1. The van der Waals surface area contributed by atoms with Crippen molar-refractivity contribution in [1.29, 1.82) is 0 Å². The molecule has 1 heterocycles. The van der Waals surface area contributed by atoms with Gasteiger partial charge in [0.2, 0.25) is 0 Å². The van der Waals surface area contributed by atoms with Gasteiger partial charge in [-0.25, -0.2) is 0 Å². The minimum Gasteiger partial charge on any atom is -0.370 e. The standard InChI is InChI=1S/C14H18BrF3N2/c1-2-19-10-4-3-7-20(9-10)11-5-6-13(15)12(8-11)14(16,17)18/h5-6,8,10,19H,2-4,7,9H2,1H3. The number of hydrogen-bond donors (Lipinski definition) is 1. The van der Waals surface area contributed by atoms with Gasteiger partial charge in [-0.15, -0.1) is 0 Å². The number of likely N-dealkylation sites (N-methyl/N-ethyl adjacent to an activating group) is 1. The molecule has 1 aromatic rings. The second kappa shape index (κ2) is 6.35. The molecule has 0 amide bonds. The van der Waals surface area contributed by atoms with E-state index in [-0.39, 0.29) is 4.47 Å². The predicted octanol–water partition coefficient (Wildman–Crippen LogP) is 4.05. The van der Waals surface area contributed by atoms with Crippen LogP contribution in [0.3, 0.4) is 0 Å². The zero-order valence-corrected chi connectivity index (χ0v) is 12.9. The third-order valence-corrected chi connectivity index (χ3v) is 4.23. The van der Waals surface area contributed by atoms with Gasteiger partial charge in [-0.05, 0) is 37.6 Å². The number of nitrogens with zero attached hydrogens (tertiary/aromatic N) is 1. The second-order valence-electron chi connectivity index (χ2n) is 5.00. The summed E-state index contributed by atoms with van der Waals surface area (Å²) in [6.07, 6.45) is -2.26. The molecule has 0 radical (unpaired) electrons. The van der Waals surface area contributed by atoms with Gasteiger partial charge >= 0.3 is 6.18 Å². The van der Waals surface area contributed by atoms with Crippen molar-refractivity contribution in [2.24, 2.45) is 0 Å². The first kappa shape index (κ1) is 15.6. The Kier molecular flexibility index (Phi) is 4.96. The summed E-state index contributed by atoms with van der Waals surface area (Å²) in [5, 5.41) is 3.37. The van der Waals surface area contributed by atoms with E-state index in [1.165, 1.54) is 12.1 Å². The third kappa shape index (κ3) is 3.67. The number of halogens is 4. The first-order valence-electron chi connectivity index (χ1n) is 6.77. The summed E-state index contributed by atoms with van der Waals surface area (Å²) >= 11 is 2.98. The molecule has 1 fully saturated rings. The number of nitrogens with one attached hydrogen (secondary N) is 1. The van der Waals surface area contributed by atoms with E-state index in [4.69, 9.17) is 0 Å². The molecule has 0 aliphatic carbocycles. The smallest absolute Gasteiger partial charge is 0.370 e. The normalized spacial score (nSPS) is 20.2. The van der Waals surface area contributed by atoms with E-state index in [1.807, 2.05) is 11.8 Å². The van der Waals surface area contributed by atoms with E-state index in [0.29, 0.717) is 11.7 Å². The topological polar surface area (TPSA) is 15.3 Å². The molecule has 20 heavy (non-hydrogen) atoms. The molecule has 1 atom stereocenters. The molecule has 1 unspecified atom stereocenters. The van der Waals surface area contributed by atoms with Crippen LogP contribution in [-0.2, 0) is 6.18 Å². The van der Waals surface area contributed by atoms with Crippen LogP contribution in [0, 0.1) is 0 Å². The Hall–Kier alpha value is -0.750. The van der Waals surface area contributed by atoms with Crippen molar-refractivity contribution in [2.75, 3.05) is 24.5 Å². The zero-order valence-electron chi connectivity index (χ0n) is 11.3. The van der Waals surface area contributed by atoms with Crippen molar-refractivity contribution < 1.29 is 13.2 Å². The fourth-order valence-electron chi connectivity index (χ4n) is 2.59. The van der Waals surface area contributed by atoms with E-state index in [9.17, 15) is 13.2 Å². The first-order valence-corrected chi connectivity index (χ1v) is 7.56. The van der Waals surface area contributed by atoms with Crippen molar-refractivity contribution in [1.82, 2.24) is 5.32 Å². The quantitative estimate of drug-likeness (QED) is 0.884. The van der Waals surface area contributed by atoms with Crippen LogP contribution in [0.15, 0.2) is 22.7 Å². The van der Waals surface area contributed by atoms with Gasteiger partial charge in [-0.3, -0.25) is 0 Å². The molecule has 112 valence electrons. The zero-order chi connectivity index (χ0) is 14.8.